The second kappa shape index (κ2) is 11.7. The Morgan fingerprint density at radius 3 is 2.69 bits per heavy atom. The minimum atomic E-state index is -3.53. The summed E-state index contributed by atoms with van der Waals surface area (Å²) in [7, 11) is -3.53. The monoisotopic (exact) mass is 518 g/mol. The van der Waals surface area contributed by atoms with Gasteiger partial charge in [0.25, 0.3) is 0 Å². The van der Waals surface area contributed by atoms with Crippen molar-refractivity contribution in [2.24, 2.45) is 0 Å². The Bertz CT molecular complexity index is 1210. The van der Waals surface area contributed by atoms with Crippen LogP contribution >= 0.6 is 7.52 Å². The molecule has 3 N–H and O–H groups in total. The van der Waals surface area contributed by atoms with E-state index < -0.39 is 13.8 Å². The highest BCUT2D eigenvalue weighted by Gasteiger charge is 2.33. The van der Waals surface area contributed by atoms with Crippen molar-refractivity contribution in [1.29, 1.82) is 0 Å². The number of nitrogens with zero attached hydrogens (tertiary/aromatic N) is 4. The summed E-state index contributed by atoms with van der Waals surface area (Å²) in [5.74, 6) is 0.865. The van der Waals surface area contributed by atoms with Gasteiger partial charge in [-0.3, -0.25) is 4.57 Å². The van der Waals surface area contributed by atoms with Gasteiger partial charge in [0.2, 0.25) is 0 Å². The van der Waals surface area contributed by atoms with E-state index >= 15 is 0 Å². The van der Waals surface area contributed by atoms with Gasteiger partial charge in [0.15, 0.2) is 17.8 Å². The molecule has 196 valence electrons. The summed E-state index contributed by atoms with van der Waals surface area (Å²) in [5, 5.41) is 3.14. The number of anilines is 1. The van der Waals surface area contributed by atoms with E-state index in [1.165, 1.54) is 6.33 Å². The maximum atomic E-state index is 14.1. The van der Waals surface area contributed by atoms with Gasteiger partial charge in [-0.2, -0.15) is 0 Å². The molecule has 0 saturated carbocycles. The SMILES string of the molecule is Cc1cccc(OP(=O)(CO[C@H](C)Cn2cnc3c(N)ncnc32)N[C@@H](C)C2OCCCCO2)c1C. The topological polar surface area (TPSA) is 136 Å². The molecule has 3 heterocycles. The van der Waals surface area contributed by atoms with Crippen LogP contribution in [0.25, 0.3) is 11.2 Å². The number of nitrogen functional groups attached to an aromatic ring is 1. The lowest BCUT2D eigenvalue weighted by molar-refractivity contribution is -0.138. The quantitative estimate of drug-likeness (QED) is 0.382. The van der Waals surface area contributed by atoms with E-state index in [1.807, 2.05) is 50.5 Å². The molecule has 3 atom stereocenters. The van der Waals surface area contributed by atoms with Crippen molar-refractivity contribution in [3.63, 3.8) is 0 Å². The van der Waals surface area contributed by atoms with Crippen LogP contribution in [0.5, 0.6) is 5.75 Å². The molecule has 0 amide bonds. The van der Waals surface area contributed by atoms with Crippen molar-refractivity contribution in [2.75, 3.05) is 25.3 Å². The van der Waals surface area contributed by atoms with E-state index in [0.717, 1.165) is 24.0 Å². The van der Waals surface area contributed by atoms with Crippen LogP contribution in [0.1, 0.15) is 37.8 Å². The molecule has 36 heavy (non-hydrogen) atoms. The summed E-state index contributed by atoms with van der Waals surface area (Å²) in [6.45, 7) is 9.32. The van der Waals surface area contributed by atoms with Crippen LogP contribution in [0, 0.1) is 13.8 Å². The van der Waals surface area contributed by atoms with E-state index in [4.69, 9.17) is 24.5 Å². The minimum absolute atomic E-state index is 0.150. The molecule has 2 aromatic heterocycles. The van der Waals surface area contributed by atoms with Gasteiger partial charge >= 0.3 is 7.52 Å². The Morgan fingerprint density at radius 1 is 1.19 bits per heavy atom. The fourth-order valence-corrected chi connectivity index (χ4v) is 5.86. The first-order valence-corrected chi connectivity index (χ1v) is 14.0. The first-order chi connectivity index (χ1) is 17.3. The molecule has 1 aliphatic rings. The van der Waals surface area contributed by atoms with Crippen molar-refractivity contribution < 1.29 is 23.3 Å². The number of fused-ring (bicyclic) bond motifs is 1. The lowest BCUT2D eigenvalue weighted by Crippen LogP contribution is -2.40. The summed E-state index contributed by atoms with van der Waals surface area (Å²) in [6.07, 6.45) is 3.90. The molecule has 3 aromatic rings. The van der Waals surface area contributed by atoms with Crippen LogP contribution in [0.15, 0.2) is 30.9 Å². The molecule has 11 nitrogen and oxygen atoms in total. The predicted octanol–water partition coefficient (Wildman–Crippen LogP) is 3.79. The van der Waals surface area contributed by atoms with Crippen molar-refractivity contribution in [2.45, 2.75) is 65.5 Å². The van der Waals surface area contributed by atoms with Crippen molar-refractivity contribution in [3.8, 4) is 5.75 Å². The fourth-order valence-electron chi connectivity index (χ4n) is 3.97. The fraction of sp³-hybridized carbons (Fsp3) is 0.542. The smallest absolute Gasteiger partial charge is 0.342 e. The minimum Gasteiger partial charge on any atom is -0.431 e. The maximum absolute atomic E-state index is 14.1. The van der Waals surface area contributed by atoms with Gasteiger partial charge in [0, 0.05) is 13.2 Å². The third kappa shape index (κ3) is 6.41. The second-order valence-corrected chi connectivity index (χ2v) is 11.2. The molecule has 0 bridgehead atoms. The van der Waals surface area contributed by atoms with Crippen LogP contribution in [0.2, 0.25) is 0 Å². The van der Waals surface area contributed by atoms with Gasteiger partial charge < -0.3 is 29.0 Å². The van der Waals surface area contributed by atoms with Gasteiger partial charge in [0.05, 0.1) is 25.0 Å². The summed E-state index contributed by atoms with van der Waals surface area (Å²) < 4.78 is 39.8. The molecule has 1 unspecified atom stereocenters. The molecule has 1 saturated heterocycles. The van der Waals surface area contributed by atoms with Gasteiger partial charge in [-0.05, 0) is 57.7 Å². The zero-order valence-electron chi connectivity index (χ0n) is 21.2. The standard InChI is InChI=1S/C24H35N6O5P/c1-16-8-7-9-20(18(16)3)35-36(31,29-19(4)24-32-10-5-6-11-33-24)15-34-17(2)12-30-14-28-21-22(25)26-13-27-23(21)30/h7-9,13-14,17,19,24H,5-6,10-12,15H2,1-4H3,(H,29,31)(H2,25,26,27)/t17-,19+,36?/m1/s1. The zero-order valence-corrected chi connectivity index (χ0v) is 22.1. The Morgan fingerprint density at radius 2 is 1.94 bits per heavy atom. The van der Waals surface area contributed by atoms with Crippen LogP contribution in [-0.2, 0) is 25.3 Å². The van der Waals surface area contributed by atoms with Crippen LogP contribution in [0.3, 0.4) is 0 Å². The Balaban J connectivity index is 1.48. The summed E-state index contributed by atoms with van der Waals surface area (Å²) in [4.78, 5) is 12.5. The number of aromatic nitrogens is 4. The lowest BCUT2D eigenvalue weighted by atomic mass is 10.1. The largest absolute Gasteiger partial charge is 0.431 e. The maximum Gasteiger partial charge on any atom is 0.342 e. The van der Waals surface area contributed by atoms with E-state index in [2.05, 4.69) is 20.0 Å². The number of hydrogen-bond donors (Lipinski definition) is 2. The number of ether oxygens (including phenoxy) is 3. The van der Waals surface area contributed by atoms with Gasteiger partial charge in [-0.15, -0.1) is 0 Å². The number of hydrogen-bond acceptors (Lipinski definition) is 9. The number of benzene rings is 1. The van der Waals surface area contributed by atoms with E-state index in [9.17, 15) is 4.57 Å². The zero-order chi connectivity index (χ0) is 25.7. The number of aryl methyl sites for hydroxylation is 1. The van der Waals surface area contributed by atoms with Crippen molar-refractivity contribution in [3.05, 3.63) is 42.0 Å². The number of imidazole rings is 1. The molecule has 1 fully saturated rings. The lowest BCUT2D eigenvalue weighted by Gasteiger charge is -2.29. The second-order valence-electron chi connectivity index (χ2n) is 9.13. The molecule has 0 radical (unpaired) electrons. The van der Waals surface area contributed by atoms with E-state index in [-0.39, 0.29) is 18.5 Å². The molecule has 0 spiro atoms. The Kier molecular flexibility index (Phi) is 8.58. The average Bonchev–Trinajstić information content (AvgIpc) is 3.06. The van der Waals surface area contributed by atoms with Gasteiger partial charge in [0.1, 0.15) is 23.9 Å². The molecular weight excluding hydrogens is 483 g/mol. The van der Waals surface area contributed by atoms with E-state index in [0.29, 0.717) is 42.5 Å². The molecule has 4 rings (SSSR count). The molecule has 12 heteroatoms. The Labute approximate surface area is 211 Å². The van der Waals surface area contributed by atoms with Crippen molar-refractivity contribution in [1.82, 2.24) is 24.6 Å². The molecular formula is C24H35N6O5P. The normalized spacial score (nSPS) is 18.4. The molecule has 0 aliphatic carbocycles. The van der Waals surface area contributed by atoms with E-state index in [1.54, 1.807) is 6.33 Å². The molecule has 1 aromatic carbocycles. The van der Waals surface area contributed by atoms with Crippen LogP contribution < -0.4 is 15.3 Å². The first kappa shape index (κ1) is 26.5. The summed E-state index contributed by atoms with van der Waals surface area (Å²) in [5.41, 5.74) is 9.00. The first-order valence-electron chi connectivity index (χ1n) is 12.1. The summed E-state index contributed by atoms with van der Waals surface area (Å²) >= 11 is 0. The highest BCUT2D eigenvalue weighted by atomic mass is 31.2. The van der Waals surface area contributed by atoms with Crippen LogP contribution in [-0.4, -0.2) is 57.5 Å². The third-order valence-corrected chi connectivity index (χ3v) is 7.91. The summed E-state index contributed by atoms with van der Waals surface area (Å²) in [6, 6.07) is 5.30. The third-order valence-electron chi connectivity index (χ3n) is 6.12. The van der Waals surface area contributed by atoms with Crippen molar-refractivity contribution >= 4 is 24.5 Å². The highest BCUT2D eigenvalue weighted by Crippen LogP contribution is 2.45. The average molecular weight is 519 g/mol. The Hall–Kier alpha value is -2.56. The highest BCUT2D eigenvalue weighted by molar-refractivity contribution is 7.57. The number of nitrogens with one attached hydrogen (secondary N) is 1. The van der Waals surface area contributed by atoms with Crippen LogP contribution in [0.4, 0.5) is 5.82 Å². The molecule has 1 aliphatic heterocycles. The number of rotatable bonds is 10. The predicted molar refractivity (Wildman–Crippen MR) is 137 cm³/mol. The van der Waals surface area contributed by atoms with Gasteiger partial charge in [-0.1, -0.05) is 12.1 Å². The number of nitrogens with two attached hydrogens (primary N) is 1. The van der Waals surface area contributed by atoms with Gasteiger partial charge in [-0.25, -0.2) is 20.0 Å².